The van der Waals surface area contributed by atoms with Crippen LogP contribution in [-0.2, 0) is 4.74 Å². The number of hydrogen-bond donors (Lipinski definition) is 0. The average Bonchev–Trinajstić information content (AvgIpc) is 3.50. The number of halogens is 2. The summed E-state index contributed by atoms with van der Waals surface area (Å²) in [6.07, 6.45) is 2.49. The van der Waals surface area contributed by atoms with Crippen LogP contribution in [0.5, 0.6) is 0 Å². The second-order valence-corrected chi connectivity index (χ2v) is 13.2. The summed E-state index contributed by atoms with van der Waals surface area (Å²) in [7, 11) is 0. The maximum atomic E-state index is 15.2. The summed E-state index contributed by atoms with van der Waals surface area (Å²) in [6.45, 7) is 10.6. The summed E-state index contributed by atoms with van der Waals surface area (Å²) < 4.78 is 36.7. The van der Waals surface area contributed by atoms with Crippen LogP contribution < -0.4 is 10.6 Å². The lowest BCUT2D eigenvalue weighted by Crippen LogP contribution is -2.45. The van der Waals surface area contributed by atoms with E-state index in [1.807, 2.05) is 11.5 Å². The van der Waals surface area contributed by atoms with Crippen LogP contribution in [-0.4, -0.2) is 65.1 Å². The molecule has 39 heavy (non-hydrogen) atoms. The van der Waals surface area contributed by atoms with Gasteiger partial charge in [0.1, 0.15) is 17.5 Å². The number of benzene rings is 2. The molecule has 0 unspecified atom stereocenters. The molecule has 4 aliphatic heterocycles. The predicted molar refractivity (Wildman–Crippen MR) is 151 cm³/mol. The number of hydrogen-bond acceptors (Lipinski definition) is 6. The highest BCUT2D eigenvalue weighted by Gasteiger charge is 2.41. The van der Waals surface area contributed by atoms with Gasteiger partial charge in [0.25, 0.3) is 0 Å². The highest BCUT2D eigenvalue weighted by atomic mass is 32.2. The monoisotopic (exact) mass is 552 g/mol. The van der Waals surface area contributed by atoms with E-state index in [-0.39, 0.29) is 17.8 Å². The number of anilines is 1. The fraction of sp³-hybridized carbons (Fsp3) is 0.533. The van der Waals surface area contributed by atoms with Crippen LogP contribution in [0, 0.1) is 30.4 Å². The molecular formula is C30H34F2N4O2S. The number of aromatic nitrogens is 2. The molecule has 2 bridgehead atoms. The van der Waals surface area contributed by atoms with Gasteiger partial charge in [-0.2, -0.15) is 4.98 Å². The minimum Gasteiger partial charge on any atom is -0.375 e. The number of rotatable bonds is 4. The Morgan fingerprint density at radius 2 is 1.90 bits per heavy atom. The first kappa shape index (κ1) is 25.5. The van der Waals surface area contributed by atoms with Crippen molar-refractivity contribution in [1.82, 2.24) is 14.5 Å². The molecule has 0 spiro atoms. The Balaban J connectivity index is 1.43. The second-order valence-electron chi connectivity index (χ2n) is 12.1. The normalized spacial score (nSPS) is 28.5. The minimum atomic E-state index is -0.600. The molecule has 3 fully saturated rings. The number of nitrogens with zero attached hydrogens (tertiary/aromatic N) is 4. The molecule has 3 saturated heterocycles. The third-order valence-electron chi connectivity index (χ3n) is 8.96. The number of likely N-dealkylation sites (tertiary alicyclic amines) is 1. The Morgan fingerprint density at radius 1 is 1.10 bits per heavy atom. The minimum absolute atomic E-state index is 0.0498. The maximum Gasteiger partial charge on any atom is 0.350 e. The predicted octanol–water partition coefficient (Wildman–Crippen LogP) is 5.25. The zero-order valence-corrected chi connectivity index (χ0v) is 23.4. The van der Waals surface area contributed by atoms with E-state index in [2.05, 4.69) is 29.7 Å². The summed E-state index contributed by atoms with van der Waals surface area (Å²) in [4.78, 5) is 24.3. The van der Waals surface area contributed by atoms with E-state index in [0.29, 0.717) is 29.2 Å². The van der Waals surface area contributed by atoms with Crippen molar-refractivity contribution in [3.8, 4) is 11.1 Å². The van der Waals surface area contributed by atoms with Gasteiger partial charge in [0, 0.05) is 65.4 Å². The van der Waals surface area contributed by atoms with Crippen LogP contribution in [0.1, 0.15) is 38.3 Å². The number of fused-ring (bicyclic) bond motifs is 2. The van der Waals surface area contributed by atoms with Gasteiger partial charge in [-0.25, -0.2) is 13.6 Å². The van der Waals surface area contributed by atoms with Crippen molar-refractivity contribution in [2.24, 2.45) is 11.8 Å². The van der Waals surface area contributed by atoms with Crippen LogP contribution in [0.15, 0.2) is 34.0 Å². The van der Waals surface area contributed by atoms with E-state index in [0.717, 1.165) is 84.4 Å². The Bertz CT molecular complexity index is 1520. The van der Waals surface area contributed by atoms with Gasteiger partial charge in [0.05, 0.1) is 24.3 Å². The van der Waals surface area contributed by atoms with Crippen LogP contribution in [0.25, 0.3) is 22.0 Å². The zero-order chi connectivity index (χ0) is 27.0. The molecule has 5 heterocycles. The van der Waals surface area contributed by atoms with Crippen LogP contribution in [0.3, 0.4) is 0 Å². The van der Waals surface area contributed by atoms with Crippen molar-refractivity contribution in [1.29, 1.82) is 0 Å². The zero-order valence-electron chi connectivity index (χ0n) is 22.6. The van der Waals surface area contributed by atoms with Crippen molar-refractivity contribution in [3.63, 3.8) is 0 Å². The van der Waals surface area contributed by atoms with Crippen molar-refractivity contribution in [2.45, 2.75) is 56.7 Å². The summed E-state index contributed by atoms with van der Waals surface area (Å²) in [5.41, 5.74) is 2.59. The SMILES string of the molecule is Cc1cc2c(N3C[C@H](C)C[C@H](C)C3)nc(=O)n3c2c(c1-c1ccc(F)cc1F)SC[C@@H]3CN1C[C@@H]2C[C@H]1CO2. The maximum absolute atomic E-state index is 15.2. The van der Waals surface area contributed by atoms with Crippen molar-refractivity contribution in [2.75, 3.05) is 43.4 Å². The Morgan fingerprint density at radius 3 is 2.59 bits per heavy atom. The van der Waals surface area contributed by atoms with Gasteiger partial charge >= 0.3 is 5.69 Å². The lowest BCUT2D eigenvalue weighted by molar-refractivity contribution is 0.0261. The molecule has 9 heteroatoms. The molecule has 0 aliphatic carbocycles. The average molecular weight is 553 g/mol. The first-order valence-electron chi connectivity index (χ1n) is 14.1. The molecule has 3 aromatic rings. The Labute approximate surface area is 231 Å². The largest absolute Gasteiger partial charge is 0.375 e. The molecule has 0 amide bonds. The van der Waals surface area contributed by atoms with Gasteiger partial charge in [-0.1, -0.05) is 13.8 Å². The number of morpholine rings is 1. The smallest absolute Gasteiger partial charge is 0.350 e. The fourth-order valence-corrected chi connectivity index (χ4v) is 8.81. The Hall–Kier alpha value is -2.49. The molecule has 2 aromatic carbocycles. The summed E-state index contributed by atoms with van der Waals surface area (Å²) in [5.74, 6) is 1.24. The quantitative estimate of drug-likeness (QED) is 0.441. The van der Waals surface area contributed by atoms with E-state index in [4.69, 9.17) is 9.72 Å². The van der Waals surface area contributed by atoms with E-state index < -0.39 is 11.6 Å². The summed E-state index contributed by atoms with van der Waals surface area (Å²) in [6, 6.07) is 6.17. The fourth-order valence-electron chi connectivity index (χ4n) is 7.43. The van der Waals surface area contributed by atoms with Crippen molar-refractivity contribution in [3.05, 3.63) is 51.9 Å². The lowest BCUT2D eigenvalue weighted by Gasteiger charge is -2.38. The molecule has 1 aromatic heterocycles. The third-order valence-corrected chi connectivity index (χ3v) is 10.2. The summed E-state index contributed by atoms with van der Waals surface area (Å²) >= 11 is 1.68. The van der Waals surface area contributed by atoms with Gasteiger partial charge < -0.3 is 9.64 Å². The highest BCUT2D eigenvalue weighted by molar-refractivity contribution is 7.99. The first-order chi connectivity index (χ1) is 18.8. The lowest BCUT2D eigenvalue weighted by atomic mass is 9.91. The molecule has 7 rings (SSSR count). The van der Waals surface area contributed by atoms with E-state index in [1.165, 1.54) is 12.1 Å². The van der Waals surface area contributed by atoms with E-state index in [9.17, 15) is 9.18 Å². The Kier molecular flexibility index (Phi) is 6.25. The molecule has 0 N–H and O–H groups in total. The van der Waals surface area contributed by atoms with Gasteiger partial charge in [-0.15, -0.1) is 11.8 Å². The van der Waals surface area contributed by atoms with Gasteiger partial charge in [-0.05, 0) is 55.4 Å². The third kappa shape index (κ3) is 4.28. The topological polar surface area (TPSA) is 50.6 Å². The van der Waals surface area contributed by atoms with Crippen molar-refractivity contribution < 1.29 is 13.5 Å². The molecule has 0 radical (unpaired) electrons. The molecular weight excluding hydrogens is 518 g/mol. The number of piperidine rings is 1. The van der Waals surface area contributed by atoms with Crippen LogP contribution in [0.2, 0.25) is 0 Å². The van der Waals surface area contributed by atoms with E-state index >= 15 is 4.39 Å². The first-order valence-corrected chi connectivity index (χ1v) is 15.0. The standard InChI is InChI=1S/C30H34F2N4O2S/c1-16-6-17(2)11-35(10-16)29-24-7-18(3)26(23-5-4-19(31)8-25(23)32)28-27(24)36(30(37)33-29)21(15-39-28)12-34-13-22-9-20(34)14-38-22/h4-5,7-8,16-17,20-22H,6,9-15H2,1-3H3/t16-,17+,20-,21-,22-/m0/s1. The van der Waals surface area contributed by atoms with Crippen LogP contribution in [0.4, 0.5) is 14.6 Å². The molecule has 206 valence electrons. The van der Waals surface area contributed by atoms with Gasteiger partial charge in [0.2, 0.25) is 0 Å². The second kappa shape index (κ2) is 9.56. The molecule has 5 atom stereocenters. The van der Waals surface area contributed by atoms with Crippen LogP contribution >= 0.6 is 11.8 Å². The van der Waals surface area contributed by atoms with E-state index in [1.54, 1.807) is 11.8 Å². The molecule has 6 nitrogen and oxygen atoms in total. The number of aryl methyl sites for hydroxylation is 1. The van der Waals surface area contributed by atoms with Crippen molar-refractivity contribution >= 4 is 28.5 Å². The van der Waals surface area contributed by atoms with Gasteiger partial charge in [0.15, 0.2) is 0 Å². The van der Waals surface area contributed by atoms with Gasteiger partial charge in [-0.3, -0.25) is 9.47 Å². The number of thioether (sulfide) groups is 1. The molecule has 0 saturated carbocycles. The number of ether oxygens (including phenoxy) is 1. The molecule has 4 aliphatic rings. The summed E-state index contributed by atoms with van der Waals surface area (Å²) in [5, 5.41) is 0.943. The highest BCUT2D eigenvalue weighted by Crippen LogP contribution is 2.47.